The number of ether oxygens (including phenoxy) is 1. The summed E-state index contributed by atoms with van der Waals surface area (Å²) in [5.74, 6) is 1.12. The molecule has 4 nitrogen and oxygen atoms in total. The van der Waals surface area contributed by atoms with E-state index in [1.807, 2.05) is 18.2 Å². The summed E-state index contributed by atoms with van der Waals surface area (Å²) in [4.78, 5) is 0. The van der Waals surface area contributed by atoms with Crippen molar-refractivity contribution >= 4 is 5.84 Å². The maximum Gasteiger partial charge on any atom is 0.139 e. The molecule has 88 valence electrons. The van der Waals surface area contributed by atoms with E-state index < -0.39 is 0 Å². The number of nitrogens with two attached hydrogens (primary N) is 1. The monoisotopic (exact) mass is 222 g/mol. The lowest BCUT2D eigenvalue weighted by Crippen LogP contribution is -2.12. The summed E-state index contributed by atoms with van der Waals surface area (Å²) in [5.41, 5.74) is 6.60. The smallest absolute Gasteiger partial charge is 0.139 e. The highest BCUT2D eigenvalue weighted by atomic mass is 16.5. The van der Waals surface area contributed by atoms with Crippen LogP contribution in [0.4, 0.5) is 0 Å². The molecule has 0 atom stereocenters. The first-order valence-electron chi connectivity index (χ1n) is 5.44. The quantitative estimate of drug-likeness (QED) is 0.255. The van der Waals surface area contributed by atoms with Crippen LogP contribution in [-0.2, 0) is 6.42 Å². The van der Waals surface area contributed by atoms with Crippen LogP contribution in [0.25, 0.3) is 0 Å². The standard InChI is InChI=1S/C12H18N2O2/c1-2-10-5-3-6-11(9-10)16-8-4-7-12(13)14-15/h3,5-6,9,15H,2,4,7-8H2,1H3,(H2,13,14). The molecule has 4 heteroatoms. The molecule has 0 aliphatic heterocycles. The molecular formula is C12H18N2O2. The van der Waals surface area contributed by atoms with Gasteiger partial charge in [-0.2, -0.15) is 0 Å². The van der Waals surface area contributed by atoms with Gasteiger partial charge in [0.1, 0.15) is 11.6 Å². The molecular weight excluding hydrogens is 204 g/mol. The summed E-state index contributed by atoms with van der Waals surface area (Å²) in [5, 5.41) is 11.2. The number of oxime groups is 1. The highest BCUT2D eigenvalue weighted by Gasteiger charge is 1.97. The Bertz CT molecular complexity index is 351. The van der Waals surface area contributed by atoms with Gasteiger partial charge in [0.2, 0.25) is 0 Å². The van der Waals surface area contributed by atoms with Crippen LogP contribution in [-0.4, -0.2) is 17.6 Å². The zero-order chi connectivity index (χ0) is 11.8. The third-order valence-corrected chi connectivity index (χ3v) is 2.28. The molecule has 0 spiro atoms. The van der Waals surface area contributed by atoms with E-state index in [0.29, 0.717) is 13.0 Å². The van der Waals surface area contributed by atoms with Crippen molar-refractivity contribution < 1.29 is 9.94 Å². The molecule has 1 aromatic rings. The van der Waals surface area contributed by atoms with Crippen LogP contribution in [0, 0.1) is 0 Å². The van der Waals surface area contributed by atoms with Crippen molar-refractivity contribution in [3.63, 3.8) is 0 Å². The highest BCUT2D eigenvalue weighted by Crippen LogP contribution is 2.13. The molecule has 0 saturated carbocycles. The van der Waals surface area contributed by atoms with E-state index in [4.69, 9.17) is 15.7 Å². The van der Waals surface area contributed by atoms with Gasteiger partial charge in [-0.3, -0.25) is 0 Å². The van der Waals surface area contributed by atoms with Gasteiger partial charge in [-0.15, -0.1) is 0 Å². The Balaban J connectivity index is 2.31. The fourth-order valence-corrected chi connectivity index (χ4v) is 1.35. The molecule has 0 aromatic heterocycles. The van der Waals surface area contributed by atoms with Crippen molar-refractivity contribution in [1.29, 1.82) is 0 Å². The van der Waals surface area contributed by atoms with Gasteiger partial charge in [-0.05, 0) is 30.5 Å². The summed E-state index contributed by atoms with van der Waals surface area (Å²) >= 11 is 0. The van der Waals surface area contributed by atoms with E-state index in [1.54, 1.807) is 0 Å². The number of hydrogen-bond donors (Lipinski definition) is 2. The molecule has 0 aliphatic carbocycles. The topological polar surface area (TPSA) is 67.8 Å². The predicted molar refractivity (Wildman–Crippen MR) is 64.0 cm³/mol. The maximum atomic E-state index is 8.34. The molecule has 3 N–H and O–H groups in total. The Morgan fingerprint density at radius 1 is 1.50 bits per heavy atom. The molecule has 0 amide bonds. The number of aryl methyl sites for hydroxylation is 1. The third kappa shape index (κ3) is 4.21. The second kappa shape index (κ2) is 6.71. The fourth-order valence-electron chi connectivity index (χ4n) is 1.35. The average Bonchev–Trinajstić information content (AvgIpc) is 2.34. The van der Waals surface area contributed by atoms with Crippen LogP contribution in [0.3, 0.4) is 0 Å². The van der Waals surface area contributed by atoms with Crippen LogP contribution < -0.4 is 10.5 Å². The SMILES string of the molecule is CCc1cccc(OCCC/C(N)=N/O)c1. The second-order valence-electron chi connectivity index (χ2n) is 3.54. The first-order chi connectivity index (χ1) is 7.76. The summed E-state index contributed by atoms with van der Waals surface area (Å²) in [6.07, 6.45) is 2.29. The number of nitrogens with zero attached hydrogens (tertiary/aromatic N) is 1. The number of rotatable bonds is 6. The Morgan fingerprint density at radius 3 is 3.00 bits per heavy atom. The Labute approximate surface area is 95.7 Å². The molecule has 1 aromatic carbocycles. The molecule has 16 heavy (non-hydrogen) atoms. The number of amidine groups is 1. The van der Waals surface area contributed by atoms with Gasteiger partial charge in [0.15, 0.2) is 0 Å². The minimum absolute atomic E-state index is 0.242. The Hall–Kier alpha value is -1.71. The summed E-state index contributed by atoms with van der Waals surface area (Å²) in [6, 6.07) is 8.02. The highest BCUT2D eigenvalue weighted by molar-refractivity contribution is 5.79. The largest absolute Gasteiger partial charge is 0.494 e. The fraction of sp³-hybridized carbons (Fsp3) is 0.417. The van der Waals surface area contributed by atoms with E-state index in [0.717, 1.165) is 18.6 Å². The first-order valence-corrected chi connectivity index (χ1v) is 5.44. The zero-order valence-corrected chi connectivity index (χ0v) is 9.52. The molecule has 0 fully saturated rings. The first kappa shape index (κ1) is 12.4. The van der Waals surface area contributed by atoms with Crippen molar-refractivity contribution in [2.75, 3.05) is 6.61 Å². The van der Waals surface area contributed by atoms with Crippen LogP contribution in [0.5, 0.6) is 5.75 Å². The van der Waals surface area contributed by atoms with E-state index >= 15 is 0 Å². The lowest BCUT2D eigenvalue weighted by Gasteiger charge is -2.06. The van der Waals surface area contributed by atoms with Crippen LogP contribution in [0.2, 0.25) is 0 Å². The predicted octanol–water partition coefficient (Wildman–Crippen LogP) is 2.15. The summed E-state index contributed by atoms with van der Waals surface area (Å²) < 4.78 is 5.55. The normalized spacial score (nSPS) is 11.4. The minimum Gasteiger partial charge on any atom is -0.494 e. The van der Waals surface area contributed by atoms with Crippen LogP contribution in [0.1, 0.15) is 25.3 Å². The van der Waals surface area contributed by atoms with Crippen molar-refractivity contribution in [3.8, 4) is 5.75 Å². The van der Waals surface area contributed by atoms with Gasteiger partial charge in [-0.1, -0.05) is 24.2 Å². The number of hydrogen-bond acceptors (Lipinski definition) is 3. The van der Waals surface area contributed by atoms with E-state index in [-0.39, 0.29) is 5.84 Å². The number of benzene rings is 1. The molecule has 0 heterocycles. The van der Waals surface area contributed by atoms with Gasteiger partial charge in [0, 0.05) is 6.42 Å². The minimum atomic E-state index is 0.242. The van der Waals surface area contributed by atoms with Crippen molar-refractivity contribution in [2.24, 2.45) is 10.9 Å². The van der Waals surface area contributed by atoms with Crippen molar-refractivity contribution in [2.45, 2.75) is 26.2 Å². The molecule has 0 radical (unpaired) electrons. The molecule has 0 unspecified atom stereocenters. The lowest BCUT2D eigenvalue weighted by atomic mass is 10.2. The molecule has 1 rings (SSSR count). The van der Waals surface area contributed by atoms with E-state index in [2.05, 4.69) is 18.1 Å². The van der Waals surface area contributed by atoms with Gasteiger partial charge in [0.05, 0.1) is 6.61 Å². The van der Waals surface area contributed by atoms with Gasteiger partial charge in [-0.25, -0.2) is 0 Å². The maximum absolute atomic E-state index is 8.34. The van der Waals surface area contributed by atoms with Gasteiger partial charge in [0.25, 0.3) is 0 Å². The molecule has 0 aliphatic rings. The Morgan fingerprint density at radius 2 is 2.31 bits per heavy atom. The van der Waals surface area contributed by atoms with E-state index in [9.17, 15) is 0 Å². The van der Waals surface area contributed by atoms with Crippen molar-refractivity contribution in [1.82, 2.24) is 0 Å². The van der Waals surface area contributed by atoms with Crippen LogP contribution >= 0.6 is 0 Å². The summed E-state index contributed by atoms with van der Waals surface area (Å²) in [7, 11) is 0. The van der Waals surface area contributed by atoms with Crippen LogP contribution in [0.15, 0.2) is 29.4 Å². The zero-order valence-electron chi connectivity index (χ0n) is 9.52. The second-order valence-corrected chi connectivity index (χ2v) is 3.54. The van der Waals surface area contributed by atoms with Crippen molar-refractivity contribution in [3.05, 3.63) is 29.8 Å². The third-order valence-electron chi connectivity index (χ3n) is 2.28. The lowest BCUT2D eigenvalue weighted by molar-refractivity contribution is 0.305. The van der Waals surface area contributed by atoms with Gasteiger partial charge < -0.3 is 15.7 Å². The molecule has 0 saturated heterocycles. The van der Waals surface area contributed by atoms with E-state index in [1.165, 1.54) is 5.56 Å². The average molecular weight is 222 g/mol. The van der Waals surface area contributed by atoms with Gasteiger partial charge >= 0.3 is 0 Å². The summed E-state index contributed by atoms with van der Waals surface area (Å²) in [6.45, 7) is 2.68. The molecule has 0 bridgehead atoms. The Kier molecular flexibility index (Phi) is 5.19.